The average molecular weight is 326 g/mol. The van der Waals surface area contributed by atoms with Gasteiger partial charge in [-0.1, -0.05) is 27.7 Å². The molecule has 0 fully saturated rings. The molecule has 0 radical (unpaired) electrons. The summed E-state index contributed by atoms with van der Waals surface area (Å²) in [7, 11) is 0. The lowest BCUT2D eigenvalue weighted by Gasteiger charge is -2.37. The van der Waals surface area contributed by atoms with E-state index in [-0.39, 0.29) is 23.8 Å². The van der Waals surface area contributed by atoms with Crippen LogP contribution in [0.4, 0.5) is 0 Å². The summed E-state index contributed by atoms with van der Waals surface area (Å²) in [4.78, 5) is 35.8. The fourth-order valence-electron chi connectivity index (χ4n) is 2.74. The zero-order chi connectivity index (χ0) is 17.7. The van der Waals surface area contributed by atoms with Gasteiger partial charge in [-0.15, -0.1) is 0 Å². The van der Waals surface area contributed by atoms with Crippen molar-refractivity contribution >= 4 is 17.7 Å². The van der Waals surface area contributed by atoms with Gasteiger partial charge in [0.15, 0.2) is 6.10 Å². The fourth-order valence-corrected chi connectivity index (χ4v) is 2.74. The maximum atomic E-state index is 12.5. The second kappa shape index (κ2) is 8.24. The van der Waals surface area contributed by atoms with E-state index >= 15 is 0 Å². The molecule has 1 aliphatic carbocycles. The minimum absolute atomic E-state index is 0.0587. The number of hydrogen-bond acceptors (Lipinski definition) is 6. The van der Waals surface area contributed by atoms with E-state index in [1.165, 1.54) is 13.0 Å². The molecule has 0 aromatic rings. The van der Waals surface area contributed by atoms with E-state index in [9.17, 15) is 19.5 Å². The molecule has 0 heterocycles. The Hall–Kier alpha value is -1.69. The number of carbonyl (C=O) groups is 3. The quantitative estimate of drug-likeness (QED) is 0.747. The number of carbonyl (C=O) groups excluding carboxylic acids is 3. The second-order valence-corrected chi connectivity index (χ2v) is 6.62. The van der Waals surface area contributed by atoms with Gasteiger partial charge in [0.1, 0.15) is 6.10 Å². The van der Waals surface area contributed by atoms with Crippen LogP contribution >= 0.6 is 0 Å². The molecule has 0 aromatic carbocycles. The number of rotatable bonds is 6. The van der Waals surface area contributed by atoms with Gasteiger partial charge in [-0.3, -0.25) is 14.4 Å². The smallest absolute Gasteiger partial charge is 0.306 e. The topological polar surface area (TPSA) is 89.9 Å². The van der Waals surface area contributed by atoms with Crippen molar-refractivity contribution in [2.75, 3.05) is 6.61 Å². The van der Waals surface area contributed by atoms with Crippen LogP contribution in [0.1, 0.15) is 41.0 Å². The van der Waals surface area contributed by atoms with Crippen molar-refractivity contribution in [3.05, 3.63) is 11.6 Å². The predicted octanol–water partition coefficient (Wildman–Crippen LogP) is 1.65. The summed E-state index contributed by atoms with van der Waals surface area (Å²) in [6.45, 7) is 8.29. The molecular weight excluding hydrogens is 300 g/mol. The molecule has 0 saturated carbocycles. The molecule has 6 heteroatoms. The van der Waals surface area contributed by atoms with Gasteiger partial charge in [-0.05, 0) is 17.9 Å². The van der Waals surface area contributed by atoms with Gasteiger partial charge in [0.05, 0.1) is 6.61 Å². The molecule has 0 aromatic heterocycles. The van der Waals surface area contributed by atoms with Crippen LogP contribution in [0.15, 0.2) is 11.6 Å². The van der Waals surface area contributed by atoms with Crippen LogP contribution in [0.2, 0.25) is 0 Å². The number of aliphatic hydroxyl groups excluding tert-OH is 1. The Labute approximate surface area is 136 Å². The molecule has 1 rings (SSSR count). The molecule has 0 unspecified atom stereocenters. The number of aliphatic hydroxyl groups is 1. The Balaban J connectivity index is 3.12. The minimum Gasteiger partial charge on any atom is -0.458 e. The van der Waals surface area contributed by atoms with Crippen molar-refractivity contribution in [3.63, 3.8) is 0 Å². The summed E-state index contributed by atoms with van der Waals surface area (Å²) < 4.78 is 10.7. The maximum Gasteiger partial charge on any atom is 0.306 e. The van der Waals surface area contributed by atoms with Gasteiger partial charge in [-0.25, -0.2) is 0 Å². The standard InChI is InChI=1S/C17H26O6/c1-9(2)6-14(20)23-17-15(10(3)4)13(22-11(5)19)7-12(8-18)16(17)21/h7,9-10,13,15,17-18H,6,8H2,1-5H3/t13-,15+,17-/m1/s1. The molecule has 0 saturated heterocycles. The molecule has 0 aliphatic heterocycles. The highest BCUT2D eigenvalue weighted by Crippen LogP contribution is 2.32. The Kier molecular flexibility index (Phi) is 6.94. The summed E-state index contributed by atoms with van der Waals surface area (Å²) in [5.74, 6) is -1.81. The first-order chi connectivity index (χ1) is 10.7. The van der Waals surface area contributed by atoms with Gasteiger partial charge in [0.25, 0.3) is 0 Å². The van der Waals surface area contributed by atoms with E-state index in [4.69, 9.17) is 9.47 Å². The summed E-state index contributed by atoms with van der Waals surface area (Å²) in [6, 6.07) is 0. The van der Waals surface area contributed by atoms with Crippen molar-refractivity contribution in [3.8, 4) is 0 Å². The highest BCUT2D eigenvalue weighted by molar-refractivity contribution is 6.01. The predicted molar refractivity (Wildman–Crippen MR) is 83.4 cm³/mol. The molecule has 1 aliphatic rings. The van der Waals surface area contributed by atoms with Gasteiger partial charge in [0, 0.05) is 24.8 Å². The third kappa shape index (κ3) is 5.16. The molecular formula is C17H26O6. The molecule has 130 valence electrons. The van der Waals surface area contributed by atoms with Gasteiger partial charge >= 0.3 is 11.9 Å². The van der Waals surface area contributed by atoms with E-state index in [1.807, 2.05) is 27.7 Å². The van der Waals surface area contributed by atoms with E-state index in [0.717, 1.165) is 0 Å². The van der Waals surface area contributed by atoms with E-state index in [1.54, 1.807) is 0 Å². The van der Waals surface area contributed by atoms with Crippen LogP contribution in [-0.4, -0.2) is 41.6 Å². The normalized spacial score (nSPS) is 24.6. The van der Waals surface area contributed by atoms with Crippen molar-refractivity contribution in [1.82, 2.24) is 0 Å². The summed E-state index contributed by atoms with van der Waals surface area (Å²) in [5.41, 5.74) is 0.107. The molecule has 0 spiro atoms. The third-order valence-electron chi connectivity index (χ3n) is 3.74. The summed E-state index contributed by atoms with van der Waals surface area (Å²) in [6.07, 6.45) is -0.0893. The minimum atomic E-state index is -1.04. The van der Waals surface area contributed by atoms with E-state index < -0.39 is 42.5 Å². The number of ketones is 1. The SMILES string of the molecule is CC(=O)O[C@@H]1C=C(CO)C(=O)[C@H](OC(=O)CC(C)C)[C@H]1C(C)C. The van der Waals surface area contributed by atoms with Crippen molar-refractivity contribution in [2.24, 2.45) is 17.8 Å². The lowest BCUT2D eigenvalue weighted by Crippen LogP contribution is -2.48. The lowest BCUT2D eigenvalue weighted by atomic mass is 9.77. The van der Waals surface area contributed by atoms with Crippen LogP contribution in [0.3, 0.4) is 0 Å². The highest BCUT2D eigenvalue weighted by Gasteiger charge is 2.44. The molecule has 1 N–H and O–H groups in total. The van der Waals surface area contributed by atoms with Crippen LogP contribution in [0.25, 0.3) is 0 Å². The Bertz CT molecular complexity index is 491. The first kappa shape index (κ1) is 19.4. The summed E-state index contributed by atoms with van der Waals surface area (Å²) in [5, 5.41) is 9.37. The number of ether oxygens (including phenoxy) is 2. The molecule has 0 amide bonds. The van der Waals surface area contributed by atoms with Gasteiger partial charge in [0.2, 0.25) is 5.78 Å². The largest absolute Gasteiger partial charge is 0.458 e. The lowest BCUT2D eigenvalue weighted by molar-refractivity contribution is -0.167. The van der Waals surface area contributed by atoms with Crippen LogP contribution in [-0.2, 0) is 23.9 Å². The molecule has 0 bridgehead atoms. The number of esters is 2. The van der Waals surface area contributed by atoms with Gasteiger partial charge in [-0.2, -0.15) is 0 Å². The Morgan fingerprint density at radius 1 is 1.22 bits per heavy atom. The first-order valence-electron chi connectivity index (χ1n) is 7.89. The molecule has 3 atom stereocenters. The Morgan fingerprint density at radius 2 is 1.83 bits per heavy atom. The van der Waals surface area contributed by atoms with Crippen LogP contribution in [0, 0.1) is 17.8 Å². The number of Topliss-reactive ketones (excluding diaryl/α,β-unsaturated/α-hetero) is 1. The van der Waals surface area contributed by atoms with Crippen LogP contribution < -0.4 is 0 Å². The zero-order valence-corrected chi connectivity index (χ0v) is 14.4. The Morgan fingerprint density at radius 3 is 2.26 bits per heavy atom. The number of hydrogen-bond donors (Lipinski definition) is 1. The highest BCUT2D eigenvalue weighted by atomic mass is 16.6. The van der Waals surface area contributed by atoms with Crippen molar-refractivity contribution in [2.45, 2.75) is 53.2 Å². The third-order valence-corrected chi connectivity index (χ3v) is 3.74. The maximum absolute atomic E-state index is 12.5. The zero-order valence-electron chi connectivity index (χ0n) is 14.4. The average Bonchev–Trinajstić information content (AvgIpc) is 2.40. The van der Waals surface area contributed by atoms with E-state index in [0.29, 0.717) is 0 Å². The summed E-state index contributed by atoms with van der Waals surface area (Å²) >= 11 is 0. The second-order valence-electron chi connectivity index (χ2n) is 6.62. The molecule has 23 heavy (non-hydrogen) atoms. The van der Waals surface area contributed by atoms with E-state index in [2.05, 4.69) is 0 Å². The van der Waals surface area contributed by atoms with Gasteiger partial charge < -0.3 is 14.6 Å². The fraction of sp³-hybridized carbons (Fsp3) is 0.706. The van der Waals surface area contributed by atoms with Crippen molar-refractivity contribution in [1.29, 1.82) is 0 Å². The van der Waals surface area contributed by atoms with Crippen molar-refractivity contribution < 1.29 is 29.0 Å². The molecule has 6 nitrogen and oxygen atoms in total. The monoisotopic (exact) mass is 326 g/mol. The first-order valence-corrected chi connectivity index (χ1v) is 7.89. The van der Waals surface area contributed by atoms with Crippen LogP contribution in [0.5, 0.6) is 0 Å².